The van der Waals surface area contributed by atoms with Gasteiger partial charge in [0.2, 0.25) is 0 Å². The van der Waals surface area contributed by atoms with Crippen LogP contribution >= 0.6 is 0 Å². The van der Waals surface area contributed by atoms with Crippen LogP contribution in [0.15, 0.2) is 46.2 Å². The van der Waals surface area contributed by atoms with E-state index in [0.717, 1.165) is 6.07 Å². The van der Waals surface area contributed by atoms with E-state index in [-0.39, 0.29) is 22.5 Å². The maximum Gasteiger partial charge on any atom is 2.00 e. The summed E-state index contributed by atoms with van der Waals surface area (Å²) in [5, 5.41) is 0.281. The van der Waals surface area contributed by atoms with Gasteiger partial charge >= 0.3 is 17.1 Å². The first-order valence-corrected chi connectivity index (χ1v) is 7.46. The Morgan fingerprint density at radius 3 is 1.89 bits per heavy atom. The van der Waals surface area contributed by atoms with Crippen LogP contribution in [0.5, 0.6) is 0 Å². The molecule has 0 bridgehead atoms. The molecule has 0 aliphatic carbocycles. The van der Waals surface area contributed by atoms with Crippen molar-refractivity contribution in [3.8, 4) is 0 Å². The first-order valence-electron chi connectivity index (χ1n) is 4.65. The van der Waals surface area contributed by atoms with Gasteiger partial charge in [-0.05, 0) is 11.5 Å². The van der Waals surface area contributed by atoms with Crippen LogP contribution in [0.2, 0.25) is 0 Å². The molecule has 0 radical (unpaired) electrons. The minimum atomic E-state index is -5.07. The quantitative estimate of drug-likeness (QED) is 0.584. The van der Waals surface area contributed by atoms with Crippen LogP contribution in [-0.4, -0.2) is 25.9 Å². The maximum atomic E-state index is 11.2. The fraction of sp³-hybridized carbons (Fsp3) is 0. The molecule has 0 unspecified atom stereocenters. The van der Waals surface area contributed by atoms with Gasteiger partial charge in [-0.1, -0.05) is 30.3 Å². The van der Waals surface area contributed by atoms with Crippen molar-refractivity contribution in [2.75, 3.05) is 0 Å². The minimum absolute atomic E-state index is 0. The Labute approximate surface area is 120 Å². The molecule has 19 heavy (non-hydrogen) atoms. The molecule has 2 aromatic rings. The fourth-order valence-electron chi connectivity index (χ4n) is 1.68. The van der Waals surface area contributed by atoms with Gasteiger partial charge in [0.25, 0.3) is 0 Å². The molecule has 0 aromatic heterocycles. The number of fused-ring (bicyclic) bond motifs is 1. The summed E-state index contributed by atoms with van der Waals surface area (Å²) in [5.41, 5.74) is 0. The monoisotopic (exact) mass is 342 g/mol. The molecule has 6 nitrogen and oxygen atoms in total. The van der Waals surface area contributed by atoms with E-state index in [9.17, 15) is 25.9 Å². The molecule has 0 aliphatic heterocycles. The molecule has 0 amide bonds. The van der Waals surface area contributed by atoms with E-state index in [1.807, 2.05) is 0 Å². The van der Waals surface area contributed by atoms with E-state index in [1.54, 1.807) is 6.07 Å². The summed E-state index contributed by atoms with van der Waals surface area (Å²) < 4.78 is 66.4. The smallest absolute Gasteiger partial charge is 0.744 e. The molecule has 0 fully saturated rings. The summed E-state index contributed by atoms with van der Waals surface area (Å²) in [5.74, 6) is 0. The molecule has 0 atom stereocenters. The second-order valence-corrected chi connectivity index (χ2v) is 6.19. The first-order chi connectivity index (χ1) is 8.21. The molecule has 9 heteroatoms. The van der Waals surface area contributed by atoms with Crippen molar-refractivity contribution in [3.05, 3.63) is 36.4 Å². The molecule has 102 valence electrons. The van der Waals surface area contributed by atoms with Crippen molar-refractivity contribution in [2.24, 2.45) is 0 Å². The topological polar surface area (TPSA) is 114 Å². The first kappa shape index (κ1) is 16.1. The van der Waals surface area contributed by atoms with Crippen LogP contribution in [-0.2, 0) is 37.3 Å². The molecule has 2 aromatic carbocycles. The van der Waals surface area contributed by atoms with Gasteiger partial charge in [0.15, 0.2) is 0 Å². The Bertz CT molecular complexity index is 826. The predicted octanol–water partition coefficient (Wildman–Crippen LogP) is 0.646. The Morgan fingerprint density at radius 1 is 0.789 bits per heavy atom. The second kappa shape index (κ2) is 5.20. The zero-order valence-corrected chi connectivity index (χ0v) is 11.8. The molecule has 0 saturated heterocycles. The minimum Gasteiger partial charge on any atom is -0.744 e. The standard InChI is InChI=1S/C10H8O6S2.Fe/c11-17(12,13)9-6-5-7-3-1-2-4-8(7)10(9)18(14,15)16;/h1-6H,(H,11,12,13)(H,14,15,16);/q;+2/p-2. The third-order valence-corrected chi connectivity index (χ3v) is 4.31. The number of benzene rings is 2. The Morgan fingerprint density at radius 2 is 1.37 bits per heavy atom. The van der Waals surface area contributed by atoms with Gasteiger partial charge in [-0.25, -0.2) is 16.8 Å². The number of hydrogen-bond donors (Lipinski definition) is 0. The Hall–Kier alpha value is -0.961. The molecule has 2 rings (SSSR count). The third-order valence-electron chi connectivity index (χ3n) is 2.36. The van der Waals surface area contributed by atoms with E-state index in [4.69, 9.17) is 0 Å². The second-order valence-electron chi connectivity index (χ2n) is 3.52. The van der Waals surface area contributed by atoms with Crippen LogP contribution in [0.4, 0.5) is 0 Å². The van der Waals surface area contributed by atoms with Crippen molar-refractivity contribution in [1.82, 2.24) is 0 Å². The van der Waals surface area contributed by atoms with Crippen molar-refractivity contribution in [2.45, 2.75) is 9.79 Å². The summed E-state index contributed by atoms with van der Waals surface area (Å²) >= 11 is 0. The Kier molecular flexibility index (Phi) is 4.40. The van der Waals surface area contributed by atoms with Gasteiger partial charge in [0.05, 0.1) is 9.79 Å². The van der Waals surface area contributed by atoms with Crippen molar-refractivity contribution >= 4 is 31.0 Å². The van der Waals surface area contributed by atoms with E-state index in [2.05, 4.69) is 0 Å². The van der Waals surface area contributed by atoms with Crippen LogP contribution < -0.4 is 0 Å². The summed E-state index contributed by atoms with van der Waals surface area (Å²) in [6.45, 7) is 0. The fourth-order valence-corrected chi connectivity index (χ4v) is 3.63. The normalized spacial score (nSPS) is 12.1. The van der Waals surface area contributed by atoms with Crippen LogP contribution in [0.25, 0.3) is 10.8 Å². The number of hydrogen-bond acceptors (Lipinski definition) is 6. The molecule has 0 N–H and O–H groups in total. The summed E-state index contributed by atoms with van der Waals surface area (Å²) in [6.07, 6.45) is 0. The Balaban J connectivity index is 0.00000180. The average molecular weight is 342 g/mol. The van der Waals surface area contributed by atoms with Gasteiger partial charge in [0, 0.05) is 5.39 Å². The zero-order chi connectivity index (χ0) is 13.6. The summed E-state index contributed by atoms with van der Waals surface area (Å²) in [4.78, 5) is -2.01. The van der Waals surface area contributed by atoms with E-state index in [0.29, 0.717) is 5.39 Å². The van der Waals surface area contributed by atoms with Gasteiger partial charge < -0.3 is 9.11 Å². The summed E-state index contributed by atoms with van der Waals surface area (Å²) in [7, 11) is -10.1. The maximum absolute atomic E-state index is 11.2. The van der Waals surface area contributed by atoms with Crippen LogP contribution in [0.1, 0.15) is 0 Å². The number of rotatable bonds is 2. The van der Waals surface area contributed by atoms with Crippen molar-refractivity contribution in [1.29, 1.82) is 0 Å². The summed E-state index contributed by atoms with van der Waals surface area (Å²) in [6, 6.07) is 7.91. The van der Waals surface area contributed by atoms with E-state index in [1.165, 1.54) is 24.3 Å². The molecule has 0 heterocycles. The van der Waals surface area contributed by atoms with Gasteiger partial charge in [-0.3, -0.25) is 0 Å². The van der Waals surface area contributed by atoms with E-state index < -0.39 is 30.0 Å². The predicted molar refractivity (Wildman–Crippen MR) is 59.9 cm³/mol. The van der Waals surface area contributed by atoms with Gasteiger partial charge in [0.1, 0.15) is 20.2 Å². The molecule has 0 saturated carbocycles. The SMILES string of the molecule is O=S(=O)([O-])c1ccc2ccccc2c1S(=O)(=O)[O-].[Fe+2]. The van der Waals surface area contributed by atoms with E-state index >= 15 is 0 Å². The van der Waals surface area contributed by atoms with Gasteiger partial charge in [-0.2, -0.15) is 0 Å². The van der Waals surface area contributed by atoms with Crippen molar-refractivity contribution in [3.63, 3.8) is 0 Å². The van der Waals surface area contributed by atoms with Gasteiger partial charge in [-0.15, -0.1) is 0 Å². The average Bonchev–Trinajstić information content (AvgIpc) is 2.24. The molecular weight excluding hydrogens is 336 g/mol. The zero-order valence-electron chi connectivity index (χ0n) is 9.08. The largest absolute Gasteiger partial charge is 2.00 e. The molecule has 0 spiro atoms. The third kappa shape index (κ3) is 3.14. The molecule has 0 aliphatic rings. The van der Waals surface area contributed by atoms with Crippen molar-refractivity contribution < 1.29 is 43.0 Å². The van der Waals surface area contributed by atoms with Crippen LogP contribution in [0.3, 0.4) is 0 Å². The van der Waals surface area contributed by atoms with Crippen LogP contribution in [0, 0.1) is 0 Å². The molecular formula is C10H6FeO6S2.